The summed E-state index contributed by atoms with van der Waals surface area (Å²) in [7, 11) is 0. The summed E-state index contributed by atoms with van der Waals surface area (Å²) >= 11 is 0. The van der Waals surface area contributed by atoms with Crippen molar-refractivity contribution in [1.29, 1.82) is 0 Å². The third kappa shape index (κ3) is 1.99. The first-order valence-corrected chi connectivity index (χ1v) is 3.81. The van der Waals surface area contributed by atoms with E-state index in [1.54, 1.807) is 12.1 Å². The number of nitrogens with zero attached hydrogens (tertiary/aromatic N) is 1. The molecule has 0 fully saturated rings. The molecule has 62 valence electrons. The van der Waals surface area contributed by atoms with Crippen molar-refractivity contribution < 1.29 is 4.79 Å². The minimum Gasteiger partial charge on any atom is -0.352 e. The van der Waals surface area contributed by atoms with Crippen LogP contribution in [-0.2, 0) is 0 Å². The lowest BCUT2D eigenvalue weighted by Crippen LogP contribution is -2.22. The van der Waals surface area contributed by atoms with Gasteiger partial charge in [-0.1, -0.05) is 0 Å². The van der Waals surface area contributed by atoms with Crippen molar-refractivity contribution in [3.05, 3.63) is 29.8 Å². The topological polar surface area (TPSA) is 51.4 Å². The third-order valence-corrected chi connectivity index (χ3v) is 1.47. The number of nitrogens with one attached hydrogen (secondary N) is 1. The molecule has 0 aliphatic rings. The summed E-state index contributed by atoms with van der Waals surface area (Å²) in [5, 5.41) is 2.66. The van der Waals surface area contributed by atoms with Crippen LogP contribution in [-0.4, -0.2) is 12.5 Å². The van der Waals surface area contributed by atoms with Crippen molar-refractivity contribution in [3.63, 3.8) is 0 Å². The zero-order valence-electron chi connectivity index (χ0n) is 6.87. The maximum absolute atomic E-state index is 11.2. The number of carbonyl (C=O) groups excluding carboxylic acids is 1. The van der Waals surface area contributed by atoms with Crippen LogP contribution in [0.2, 0.25) is 0 Å². The smallest absolute Gasteiger partial charge is 0.251 e. The fraction of sp³-hybridized carbons (Fsp3) is 0.222. The number of rotatable bonds is 2. The molecule has 0 bridgehead atoms. The molecule has 2 radical (unpaired) electrons. The van der Waals surface area contributed by atoms with Gasteiger partial charge in [0.05, 0.1) is 5.69 Å². The van der Waals surface area contributed by atoms with E-state index >= 15 is 0 Å². The minimum atomic E-state index is -0.113. The lowest BCUT2D eigenvalue weighted by atomic mass is 10.2. The molecule has 12 heavy (non-hydrogen) atoms. The van der Waals surface area contributed by atoms with Crippen molar-refractivity contribution in [2.45, 2.75) is 6.92 Å². The van der Waals surface area contributed by atoms with Crippen LogP contribution < -0.4 is 11.1 Å². The number of hydrogen-bond donors (Lipinski definition) is 1. The average Bonchev–Trinajstić information content (AvgIpc) is 2.06. The molecule has 0 spiro atoms. The zero-order chi connectivity index (χ0) is 8.97. The quantitative estimate of drug-likeness (QED) is 0.696. The van der Waals surface area contributed by atoms with Gasteiger partial charge in [-0.05, 0) is 31.2 Å². The first-order valence-electron chi connectivity index (χ1n) is 3.81. The molecular formula is C9H10N2O. The van der Waals surface area contributed by atoms with Gasteiger partial charge in [0.1, 0.15) is 0 Å². The standard InChI is InChI=1S/C9H10N2O/c1-2-11-9(12)7-3-5-8(10)6-4-7/h3-6H,2H2,1H3,(H,11,12). The average molecular weight is 162 g/mol. The monoisotopic (exact) mass is 162 g/mol. The van der Waals surface area contributed by atoms with Gasteiger partial charge in [0.25, 0.3) is 5.91 Å². The summed E-state index contributed by atoms with van der Waals surface area (Å²) in [6.07, 6.45) is 0. The SMILES string of the molecule is CCNC(=O)c1ccc([N])cc1. The Bertz CT molecular complexity index is 266. The van der Waals surface area contributed by atoms with Crippen LogP contribution in [0.25, 0.3) is 0 Å². The van der Waals surface area contributed by atoms with Crippen LogP contribution in [0, 0.1) is 0 Å². The van der Waals surface area contributed by atoms with E-state index in [-0.39, 0.29) is 11.6 Å². The second-order valence-electron chi connectivity index (χ2n) is 2.41. The molecule has 0 heterocycles. The molecule has 1 N–H and O–H groups in total. The Morgan fingerprint density at radius 1 is 1.42 bits per heavy atom. The molecule has 0 aliphatic carbocycles. The van der Waals surface area contributed by atoms with Crippen molar-refractivity contribution in [1.82, 2.24) is 11.1 Å². The molecule has 0 unspecified atom stereocenters. The molecule has 0 aromatic heterocycles. The maximum Gasteiger partial charge on any atom is 0.251 e. The van der Waals surface area contributed by atoms with E-state index in [1.165, 1.54) is 12.1 Å². The fourth-order valence-electron chi connectivity index (χ4n) is 0.875. The highest BCUT2D eigenvalue weighted by atomic mass is 16.1. The minimum absolute atomic E-state index is 0.113. The molecular weight excluding hydrogens is 152 g/mol. The van der Waals surface area contributed by atoms with Gasteiger partial charge in [0, 0.05) is 12.1 Å². The molecule has 1 aromatic rings. The van der Waals surface area contributed by atoms with E-state index < -0.39 is 0 Å². The molecule has 1 amide bonds. The summed E-state index contributed by atoms with van der Waals surface area (Å²) in [6, 6.07) is 6.15. The van der Waals surface area contributed by atoms with E-state index in [1.807, 2.05) is 6.92 Å². The van der Waals surface area contributed by atoms with Crippen LogP contribution >= 0.6 is 0 Å². The van der Waals surface area contributed by atoms with Gasteiger partial charge in [-0.25, -0.2) is 0 Å². The Hall–Kier alpha value is -1.51. The summed E-state index contributed by atoms with van der Waals surface area (Å²) in [5.41, 5.74) is 9.67. The van der Waals surface area contributed by atoms with Gasteiger partial charge in [-0.2, -0.15) is 5.73 Å². The van der Waals surface area contributed by atoms with E-state index in [2.05, 4.69) is 5.32 Å². The number of hydrogen-bond acceptors (Lipinski definition) is 1. The highest BCUT2D eigenvalue weighted by molar-refractivity contribution is 5.94. The molecule has 0 saturated heterocycles. The second-order valence-corrected chi connectivity index (χ2v) is 2.41. The highest BCUT2D eigenvalue weighted by Gasteiger charge is 2.01. The molecule has 1 rings (SSSR count). The van der Waals surface area contributed by atoms with Gasteiger partial charge in [0.15, 0.2) is 0 Å². The van der Waals surface area contributed by atoms with Gasteiger partial charge >= 0.3 is 0 Å². The number of carbonyl (C=O) groups is 1. The molecule has 0 saturated carbocycles. The number of benzene rings is 1. The predicted molar refractivity (Wildman–Crippen MR) is 46.2 cm³/mol. The maximum atomic E-state index is 11.2. The summed E-state index contributed by atoms with van der Waals surface area (Å²) < 4.78 is 0. The van der Waals surface area contributed by atoms with Crippen LogP contribution in [0.3, 0.4) is 0 Å². The predicted octanol–water partition coefficient (Wildman–Crippen LogP) is 1.14. The lowest BCUT2D eigenvalue weighted by Gasteiger charge is -2.00. The van der Waals surface area contributed by atoms with Crippen LogP contribution in [0.1, 0.15) is 17.3 Å². The van der Waals surface area contributed by atoms with Gasteiger partial charge < -0.3 is 5.32 Å². The largest absolute Gasteiger partial charge is 0.352 e. The van der Waals surface area contributed by atoms with Crippen molar-refractivity contribution >= 4 is 11.6 Å². The Morgan fingerprint density at radius 3 is 2.50 bits per heavy atom. The normalized spacial score (nSPS) is 9.42. The summed E-state index contributed by atoms with van der Waals surface area (Å²) in [4.78, 5) is 11.2. The Kier molecular flexibility index (Phi) is 2.69. The molecule has 1 aromatic carbocycles. The van der Waals surface area contributed by atoms with Gasteiger partial charge in [-0.15, -0.1) is 0 Å². The zero-order valence-corrected chi connectivity index (χ0v) is 6.87. The molecule has 3 nitrogen and oxygen atoms in total. The highest BCUT2D eigenvalue weighted by Crippen LogP contribution is 2.06. The third-order valence-electron chi connectivity index (χ3n) is 1.47. The van der Waals surface area contributed by atoms with Crippen LogP contribution in [0.5, 0.6) is 0 Å². The van der Waals surface area contributed by atoms with Crippen LogP contribution in [0.4, 0.5) is 5.69 Å². The van der Waals surface area contributed by atoms with Crippen LogP contribution in [0.15, 0.2) is 24.3 Å². The van der Waals surface area contributed by atoms with E-state index in [0.717, 1.165) is 0 Å². The second kappa shape index (κ2) is 3.76. The fourth-order valence-corrected chi connectivity index (χ4v) is 0.875. The van der Waals surface area contributed by atoms with Crippen molar-refractivity contribution in [2.24, 2.45) is 0 Å². The lowest BCUT2D eigenvalue weighted by molar-refractivity contribution is 0.0956. The molecule has 0 atom stereocenters. The Morgan fingerprint density at radius 2 is 2.00 bits per heavy atom. The Balaban J connectivity index is 2.75. The van der Waals surface area contributed by atoms with Crippen molar-refractivity contribution in [3.8, 4) is 0 Å². The first kappa shape index (κ1) is 8.59. The van der Waals surface area contributed by atoms with Crippen molar-refractivity contribution in [2.75, 3.05) is 6.54 Å². The van der Waals surface area contributed by atoms with E-state index in [9.17, 15) is 4.79 Å². The Labute approximate surface area is 71.6 Å². The van der Waals surface area contributed by atoms with Gasteiger partial charge in [0.2, 0.25) is 0 Å². The first-order chi connectivity index (χ1) is 5.74. The van der Waals surface area contributed by atoms with E-state index in [4.69, 9.17) is 5.73 Å². The molecule has 3 heteroatoms. The van der Waals surface area contributed by atoms with Gasteiger partial charge in [-0.3, -0.25) is 4.79 Å². The summed E-state index contributed by atoms with van der Waals surface area (Å²) in [5.74, 6) is -0.113. The molecule has 0 aliphatic heterocycles. The number of amides is 1. The van der Waals surface area contributed by atoms with E-state index in [0.29, 0.717) is 12.1 Å². The summed E-state index contributed by atoms with van der Waals surface area (Å²) in [6.45, 7) is 2.47.